The quantitative estimate of drug-likeness (QED) is 0.886. The van der Waals surface area contributed by atoms with Crippen LogP contribution in [0.25, 0.3) is 0 Å². The lowest BCUT2D eigenvalue weighted by Gasteiger charge is -2.06. The van der Waals surface area contributed by atoms with Gasteiger partial charge in [0.1, 0.15) is 11.6 Å². The lowest BCUT2D eigenvalue weighted by Crippen LogP contribution is -2.03. The molecule has 0 aliphatic heterocycles. The second kappa shape index (κ2) is 4.79. The summed E-state index contributed by atoms with van der Waals surface area (Å²) in [5.74, 6) is -0.300. The second-order valence-electron chi connectivity index (χ2n) is 3.33. The molecular weight excluding hydrogens is 296 g/mol. The van der Waals surface area contributed by atoms with E-state index in [1.165, 1.54) is 0 Å². The second-order valence-corrected chi connectivity index (χ2v) is 4.18. The molecule has 1 aromatic heterocycles. The first-order valence-corrected chi connectivity index (χ1v) is 5.53. The van der Waals surface area contributed by atoms with Crippen LogP contribution in [0.15, 0.2) is 21.1 Å². The summed E-state index contributed by atoms with van der Waals surface area (Å²) < 4.78 is 31.4. The van der Waals surface area contributed by atoms with E-state index in [0.29, 0.717) is 11.7 Å². The number of halogens is 3. The molecule has 0 spiro atoms. The number of rotatable bonds is 3. The van der Waals surface area contributed by atoms with Crippen molar-refractivity contribution in [1.29, 1.82) is 0 Å². The van der Waals surface area contributed by atoms with Gasteiger partial charge in [0.05, 0.1) is 16.7 Å². The van der Waals surface area contributed by atoms with E-state index in [4.69, 9.17) is 4.52 Å². The normalized spacial score (nSPS) is 10.6. The Labute approximate surface area is 104 Å². The molecule has 4 nitrogen and oxygen atoms in total. The van der Waals surface area contributed by atoms with Crippen LogP contribution in [0.1, 0.15) is 11.7 Å². The van der Waals surface area contributed by atoms with Crippen LogP contribution in [0, 0.1) is 18.6 Å². The van der Waals surface area contributed by atoms with Crippen LogP contribution in [0.3, 0.4) is 0 Å². The van der Waals surface area contributed by atoms with Gasteiger partial charge in [-0.25, -0.2) is 8.78 Å². The summed E-state index contributed by atoms with van der Waals surface area (Å²) in [6, 6.07) is 2.12. The summed E-state index contributed by atoms with van der Waals surface area (Å²) in [6.45, 7) is 1.81. The van der Waals surface area contributed by atoms with Crippen molar-refractivity contribution >= 4 is 21.6 Å². The predicted molar refractivity (Wildman–Crippen MR) is 60.4 cm³/mol. The van der Waals surface area contributed by atoms with Crippen molar-refractivity contribution in [2.75, 3.05) is 5.32 Å². The van der Waals surface area contributed by atoms with Crippen molar-refractivity contribution in [3.8, 4) is 0 Å². The highest BCUT2D eigenvalue weighted by atomic mass is 79.9. The molecule has 1 N–H and O–H groups in total. The molecule has 0 saturated heterocycles. The monoisotopic (exact) mass is 303 g/mol. The van der Waals surface area contributed by atoms with Crippen LogP contribution >= 0.6 is 15.9 Å². The van der Waals surface area contributed by atoms with Gasteiger partial charge >= 0.3 is 0 Å². The number of hydrogen-bond acceptors (Lipinski definition) is 4. The summed E-state index contributed by atoms with van der Waals surface area (Å²) in [4.78, 5) is 3.93. The van der Waals surface area contributed by atoms with E-state index in [-0.39, 0.29) is 16.7 Å². The SMILES string of the molecule is Cc1nc(CNc2cc(F)c(Br)cc2F)no1. The first kappa shape index (κ1) is 12.0. The zero-order valence-electron chi connectivity index (χ0n) is 8.80. The zero-order chi connectivity index (χ0) is 12.4. The number of hydrogen-bond donors (Lipinski definition) is 1. The van der Waals surface area contributed by atoms with Gasteiger partial charge in [-0.2, -0.15) is 4.98 Å². The Bertz CT molecular complexity index is 544. The van der Waals surface area contributed by atoms with Crippen molar-refractivity contribution < 1.29 is 13.3 Å². The Morgan fingerprint density at radius 2 is 2.12 bits per heavy atom. The fourth-order valence-electron chi connectivity index (χ4n) is 1.25. The Morgan fingerprint density at radius 3 is 2.76 bits per heavy atom. The largest absolute Gasteiger partial charge is 0.375 e. The Kier molecular flexibility index (Phi) is 3.37. The minimum absolute atomic E-state index is 0.0492. The molecule has 0 saturated carbocycles. The van der Waals surface area contributed by atoms with Crippen molar-refractivity contribution in [3.63, 3.8) is 0 Å². The summed E-state index contributed by atoms with van der Waals surface area (Å²) in [6.07, 6.45) is 0. The molecule has 2 rings (SSSR count). The molecule has 1 aromatic carbocycles. The maximum absolute atomic E-state index is 13.4. The molecule has 2 aromatic rings. The lowest BCUT2D eigenvalue weighted by molar-refractivity contribution is 0.388. The van der Waals surface area contributed by atoms with Crippen molar-refractivity contribution in [2.24, 2.45) is 0 Å². The third-order valence-electron chi connectivity index (χ3n) is 2.02. The van der Waals surface area contributed by atoms with Gasteiger partial charge in [-0.1, -0.05) is 5.16 Å². The third kappa shape index (κ3) is 2.79. The number of nitrogens with one attached hydrogen (secondary N) is 1. The first-order valence-electron chi connectivity index (χ1n) is 4.74. The van der Waals surface area contributed by atoms with Gasteiger partial charge in [0.25, 0.3) is 0 Å². The van der Waals surface area contributed by atoms with Crippen molar-refractivity contribution in [1.82, 2.24) is 10.1 Å². The summed E-state index contributed by atoms with van der Waals surface area (Å²) in [5, 5.41) is 6.32. The molecule has 0 atom stereocenters. The lowest BCUT2D eigenvalue weighted by atomic mass is 10.3. The van der Waals surface area contributed by atoms with Crippen LogP contribution < -0.4 is 5.32 Å². The molecular formula is C10H8BrF2N3O. The molecule has 0 unspecified atom stereocenters. The standard InChI is InChI=1S/C10H8BrF2N3O/c1-5-15-10(16-17-5)4-14-9-3-7(12)6(11)2-8(9)13/h2-3,14H,4H2,1H3. The minimum atomic E-state index is -0.557. The number of anilines is 1. The summed E-state index contributed by atoms with van der Waals surface area (Å²) in [5.41, 5.74) is 0.0492. The van der Waals surface area contributed by atoms with E-state index < -0.39 is 11.6 Å². The molecule has 0 amide bonds. The maximum atomic E-state index is 13.4. The van der Waals surface area contributed by atoms with Crippen molar-refractivity contribution in [2.45, 2.75) is 13.5 Å². The van der Waals surface area contributed by atoms with Gasteiger partial charge in [-0.3, -0.25) is 0 Å². The van der Waals surface area contributed by atoms with Gasteiger partial charge in [0.2, 0.25) is 5.89 Å². The molecule has 1 heterocycles. The van der Waals surface area contributed by atoms with Gasteiger partial charge in [0, 0.05) is 13.0 Å². The van der Waals surface area contributed by atoms with E-state index in [1.807, 2.05) is 0 Å². The number of benzene rings is 1. The first-order chi connectivity index (χ1) is 8.06. The van der Waals surface area contributed by atoms with Crippen LogP contribution in [-0.2, 0) is 6.54 Å². The third-order valence-corrected chi connectivity index (χ3v) is 2.62. The van der Waals surface area contributed by atoms with Gasteiger partial charge in [-0.05, 0) is 22.0 Å². The molecule has 90 valence electrons. The van der Waals surface area contributed by atoms with Crippen LogP contribution in [0.5, 0.6) is 0 Å². The van der Waals surface area contributed by atoms with Crippen LogP contribution in [-0.4, -0.2) is 10.1 Å². The number of aromatic nitrogens is 2. The van der Waals surface area contributed by atoms with E-state index >= 15 is 0 Å². The highest BCUT2D eigenvalue weighted by molar-refractivity contribution is 9.10. The molecule has 0 aliphatic carbocycles. The Hall–Kier alpha value is -1.50. The fourth-order valence-corrected chi connectivity index (χ4v) is 1.56. The topological polar surface area (TPSA) is 51.0 Å². The average molecular weight is 304 g/mol. The van der Waals surface area contributed by atoms with E-state index in [2.05, 4.69) is 31.4 Å². The highest BCUT2D eigenvalue weighted by Gasteiger charge is 2.09. The molecule has 17 heavy (non-hydrogen) atoms. The Balaban J connectivity index is 2.11. The number of nitrogens with zero attached hydrogens (tertiary/aromatic N) is 2. The van der Waals surface area contributed by atoms with E-state index in [0.717, 1.165) is 12.1 Å². The smallest absolute Gasteiger partial charge is 0.223 e. The van der Waals surface area contributed by atoms with Gasteiger partial charge < -0.3 is 9.84 Å². The fraction of sp³-hybridized carbons (Fsp3) is 0.200. The molecule has 0 aliphatic rings. The van der Waals surface area contributed by atoms with Gasteiger partial charge in [0.15, 0.2) is 5.82 Å². The highest BCUT2D eigenvalue weighted by Crippen LogP contribution is 2.23. The van der Waals surface area contributed by atoms with Crippen LogP contribution in [0.2, 0.25) is 0 Å². The average Bonchev–Trinajstić information content (AvgIpc) is 2.68. The summed E-state index contributed by atoms with van der Waals surface area (Å²) in [7, 11) is 0. The van der Waals surface area contributed by atoms with E-state index in [9.17, 15) is 8.78 Å². The van der Waals surface area contributed by atoms with Crippen molar-refractivity contribution in [3.05, 3.63) is 40.0 Å². The van der Waals surface area contributed by atoms with Crippen LogP contribution in [0.4, 0.5) is 14.5 Å². The molecule has 0 fully saturated rings. The van der Waals surface area contributed by atoms with Gasteiger partial charge in [-0.15, -0.1) is 0 Å². The molecule has 0 radical (unpaired) electrons. The summed E-state index contributed by atoms with van der Waals surface area (Å²) >= 11 is 2.90. The molecule has 0 bridgehead atoms. The molecule has 7 heteroatoms. The Morgan fingerprint density at radius 1 is 1.35 bits per heavy atom. The predicted octanol–water partition coefficient (Wildman–Crippen LogP) is 3.03. The zero-order valence-corrected chi connectivity index (χ0v) is 10.4. The minimum Gasteiger partial charge on any atom is -0.375 e. The maximum Gasteiger partial charge on any atom is 0.223 e. The van der Waals surface area contributed by atoms with E-state index in [1.54, 1.807) is 6.92 Å². The number of aryl methyl sites for hydroxylation is 1.